The minimum absolute atomic E-state index is 0.00709. The molecule has 0 saturated heterocycles. The van der Waals surface area contributed by atoms with E-state index in [0.717, 1.165) is 9.87 Å². The number of hydrogen-bond acceptors (Lipinski definition) is 17. The fraction of sp³-hybridized carbons (Fsp3) is 0.400. The van der Waals surface area contributed by atoms with E-state index in [4.69, 9.17) is 33.2 Å². The SMILES string of the molecule is COCCOc1nc(-c2ncccn2)nc(N(C(C)OC(=O)OCCOCCO[N+](=O)[O-])S(=O)(=O)c2ccc(C(C)(C)C)cc2)c1Oc1ccccc1OC. The van der Waals surface area contributed by atoms with Gasteiger partial charge in [-0.05, 0) is 48.2 Å². The number of carbonyl (C=O) groups excluding carboxylic acids is 1. The van der Waals surface area contributed by atoms with Crippen molar-refractivity contribution in [2.45, 2.75) is 44.2 Å². The van der Waals surface area contributed by atoms with Crippen molar-refractivity contribution in [2.75, 3.05) is 58.2 Å². The lowest BCUT2D eigenvalue weighted by atomic mass is 9.87. The van der Waals surface area contributed by atoms with Gasteiger partial charge < -0.3 is 38.0 Å². The van der Waals surface area contributed by atoms with Crippen LogP contribution in [0.1, 0.15) is 33.3 Å². The summed E-state index contributed by atoms with van der Waals surface area (Å²) >= 11 is 0. The number of sulfonamides is 1. The molecular formula is C35H42N6O13S. The molecule has 0 N–H and O–H groups in total. The molecule has 296 valence electrons. The van der Waals surface area contributed by atoms with E-state index >= 15 is 0 Å². The first-order valence-corrected chi connectivity index (χ1v) is 18.2. The Balaban J connectivity index is 1.87. The van der Waals surface area contributed by atoms with Gasteiger partial charge in [-0.2, -0.15) is 4.98 Å². The molecule has 20 heteroatoms. The highest BCUT2D eigenvalue weighted by Gasteiger charge is 2.38. The van der Waals surface area contributed by atoms with Crippen molar-refractivity contribution in [2.24, 2.45) is 0 Å². The lowest BCUT2D eigenvalue weighted by Crippen LogP contribution is -2.42. The van der Waals surface area contributed by atoms with Gasteiger partial charge in [-0.1, -0.05) is 45.0 Å². The van der Waals surface area contributed by atoms with E-state index in [0.29, 0.717) is 0 Å². The van der Waals surface area contributed by atoms with Gasteiger partial charge in [-0.25, -0.2) is 32.5 Å². The topological polar surface area (TPSA) is 223 Å². The average Bonchev–Trinajstić information content (AvgIpc) is 3.15. The fourth-order valence-electron chi connectivity index (χ4n) is 4.70. The number of methoxy groups -OCH3 is 2. The van der Waals surface area contributed by atoms with Crippen LogP contribution in [0.4, 0.5) is 10.6 Å². The maximum Gasteiger partial charge on any atom is 0.510 e. The number of carbonyl (C=O) groups is 1. The third kappa shape index (κ3) is 11.6. The van der Waals surface area contributed by atoms with Crippen LogP contribution >= 0.6 is 0 Å². The van der Waals surface area contributed by atoms with Gasteiger partial charge in [0, 0.05) is 19.5 Å². The van der Waals surface area contributed by atoms with Crippen LogP contribution in [-0.2, 0) is 39.2 Å². The smallest absolute Gasteiger partial charge is 0.493 e. The largest absolute Gasteiger partial charge is 0.510 e. The normalized spacial score (nSPS) is 12.0. The van der Waals surface area contributed by atoms with Crippen molar-refractivity contribution in [3.05, 3.63) is 82.7 Å². The summed E-state index contributed by atoms with van der Waals surface area (Å²) < 4.78 is 69.2. The molecule has 1 atom stereocenters. The summed E-state index contributed by atoms with van der Waals surface area (Å²) in [7, 11) is -1.79. The summed E-state index contributed by atoms with van der Waals surface area (Å²) in [5, 5.41) is 9.35. The number of anilines is 1. The Morgan fingerprint density at radius 1 is 0.873 bits per heavy atom. The quantitative estimate of drug-likeness (QED) is 0.0379. The zero-order chi connectivity index (χ0) is 40.0. The summed E-state index contributed by atoms with van der Waals surface area (Å²) in [5.41, 5.74) is 0.560. The molecule has 0 spiro atoms. The highest BCUT2D eigenvalue weighted by atomic mass is 32.2. The number of para-hydroxylation sites is 2. The van der Waals surface area contributed by atoms with Gasteiger partial charge >= 0.3 is 6.16 Å². The first-order valence-electron chi connectivity index (χ1n) is 16.7. The molecule has 2 aromatic heterocycles. The number of rotatable bonds is 20. The molecule has 19 nitrogen and oxygen atoms in total. The number of benzene rings is 2. The number of aromatic nitrogens is 4. The molecule has 0 saturated carbocycles. The van der Waals surface area contributed by atoms with Gasteiger partial charge in [-0.15, -0.1) is 10.1 Å². The third-order valence-electron chi connectivity index (χ3n) is 7.34. The van der Waals surface area contributed by atoms with Crippen molar-refractivity contribution in [3.8, 4) is 34.8 Å². The predicted octanol–water partition coefficient (Wildman–Crippen LogP) is 4.98. The number of ether oxygens (including phenoxy) is 7. The molecule has 0 aliphatic carbocycles. The zero-order valence-electron chi connectivity index (χ0n) is 31.1. The molecule has 4 aromatic rings. The van der Waals surface area contributed by atoms with Crippen LogP contribution in [0.15, 0.2) is 71.9 Å². The van der Waals surface area contributed by atoms with Crippen LogP contribution in [-0.4, -0.2) is 99.7 Å². The summed E-state index contributed by atoms with van der Waals surface area (Å²) in [6.07, 6.45) is -0.0458. The second-order valence-corrected chi connectivity index (χ2v) is 14.0. The summed E-state index contributed by atoms with van der Waals surface area (Å²) in [6.45, 7) is 6.31. The summed E-state index contributed by atoms with van der Waals surface area (Å²) in [5.74, 6) is -0.696. The molecule has 2 heterocycles. The van der Waals surface area contributed by atoms with E-state index < -0.39 is 33.3 Å². The Labute approximate surface area is 317 Å². The fourth-order valence-corrected chi connectivity index (χ4v) is 6.20. The van der Waals surface area contributed by atoms with Crippen LogP contribution in [0.25, 0.3) is 11.6 Å². The van der Waals surface area contributed by atoms with Crippen molar-refractivity contribution in [1.29, 1.82) is 0 Å². The van der Waals surface area contributed by atoms with Gasteiger partial charge in [0.15, 0.2) is 29.4 Å². The van der Waals surface area contributed by atoms with Gasteiger partial charge in [0.1, 0.15) is 19.8 Å². The Morgan fingerprint density at radius 3 is 2.18 bits per heavy atom. The number of hydrogen-bond donors (Lipinski definition) is 0. The molecule has 0 amide bonds. The van der Waals surface area contributed by atoms with Crippen LogP contribution < -0.4 is 18.5 Å². The lowest BCUT2D eigenvalue weighted by Gasteiger charge is -2.30. The molecule has 55 heavy (non-hydrogen) atoms. The van der Waals surface area contributed by atoms with Gasteiger partial charge in [0.25, 0.3) is 21.0 Å². The molecule has 1 unspecified atom stereocenters. The first kappa shape index (κ1) is 41.9. The Morgan fingerprint density at radius 2 is 1.55 bits per heavy atom. The molecule has 0 aliphatic heterocycles. The second kappa shape index (κ2) is 19.5. The molecular weight excluding hydrogens is 744 g/mol. The molecule has 0 fully saturated rings. The van der Waals surface area contributed by atoms with E-state index in [1.807, 2.05) is 20.8 Å². The van der Waals surface area contributed by atoms with Gasteiger partial charge in [-0.3, -0.25) is 0 Å². The molecule has 0 bridgehead atoms. The monoisotopic (exact) mass is 786 g/mol. The van der Waals surface area contributed by atoms with E-state index in [1.54, 1.807) is 42.5 Å². The predicted molar refractivity (Wildman–Crippen MR) is 194 cm³/mol. The van der Waals surface area contributed by atoms with E-state index in [-0.39, 0.29) is 84.7 Å². The van der Waals surface area contributed by atoms with Gasteiger partial charge in [0.2, 0.25) is 11.6 Å². The minimum Gasteiger partial charge on any atom is -0.493 e. The lowest BCUT2D eigenvalue weighted by molar-refractivity contribution is -0.758. The van der Waals surface area contributed by atoms with E-state index in [1.165, 1.54) is 45.7 Å². The Kier molecular flexibility index (Phi) is 14.8. The van der Waals surface area contributed by atoms with Gasteiger partial charge in [0.05, 0.1) is 31.8 Å². The second-order valence-electron chi connectivity index (χ2n) is 12.2. The maximum atomic E-state index is 14.9. The van der Waals surface area contributed by atoms with Crippen LogP contribution in [0, 0.1) is 10.1 Å². The third-order valence-corrected chi connectivity index (χ3v) is 9.20. The summed E-state index contributed by atoms with van der Waals surface area (Å²) in [4.78, 5) is 44.9. The van der Waals surface area contributed by atoms with Crippen molar-refractivity contribution >= 4 is 22.0 Å². The molecule has 4 rings (SSSR count). The summed E-state index contributed by atoms with van der Waals surface area (Å²) in [6, 6.07) is 14.3. The van der Waals surface area contributed by atoms with E-state index in [9.17, 15) is 23.3 Å². The van der Waals surface area contributed by atoms with Crippen LogP contribution in [0.5, 0.6) is 23.1 Å². The van der Waals surface area contributed by atoms with Crippen molar-refractivity contribution in [3.63, 3.8) is 0 Å². The van der Waals surface area contributed by atoms with E-state index in [2.05, 4.69) is 24.8 Å². The standard InChI is InChI=1S/C35H42N6O13S/c1-24(53-34(42)51-22-19-49-20-23-52-41(43)44)40(55(45,46)26-14-12-25(13-15-26)35(2,3)4)32-29(54-28-11-8-7-10-27(28)48-6)33(50-21-18-47-5)39-31(38-32)30-36-16-9-17-37-30/h7-17,24H,18-23H2,1-6H3. The first-order chi connectivity index (χ1) is 26.3. The zero-order valence-corrected chi connectivity index (χ0v) is 31.9. The highest BCUT2D eigenvalue weighted by Crippen LogP contribution is 2.44. The maximum absolute atomic E-state index is 14.9. The number of nitrogens with zero attached hydrogens (tertiary/aromatic N) is 6. The molecule has 0 radical (unpaired) electrons. The average molecular weight is 787 g/mol. The molecule has 0 aliphatic rings. The van der Waals surface area contributed by atoms with Crippen molar-refractivity contribution < 1.29 is 56.3 Å². The van der Waals surface area contributed by atoms with Crippen molar-refractivity contribution in [1.82, 2.24) is 19.9 Å². The Bertz CT molecular complexity index is 1980. The van der Waals surface area contributed by atoms with Crippen LogP contribution in [0.2, 0.25) is 0 Å². The minimum atomic E-state index is -4.69. The molecule has 2 aromatic carbocycles. The van der Waals surface area contributed by atoms with Crippen LogP contribution in [0.3, 0.4) is 0 Å². The Hall–Kier alpha value is -5.86. The highest BCUT2D eigenvalue weighted by molar-refractivity contribution is 7.92.